The maximum atomic E-state index is 15.0. The predicted molar refractivity (Wildman–Crippen MR) is 122 cm³/mol. The average molecular weight is 508 g/mol. The summed E-state index contributed by atoms with van der Waals surface area (Å²) >= 11 is 0. The second-order valence-electron chi connectivity index (χ2n) is 8.35. The van der Waals surface area contributed by atoms with Crippen molar-refractivity contribution in [2.75, 3.05) is 13.2 Å². The molecule has 190 valence electrons. The fourth-order valence-electron chi connectivity index (χ4n) is 4.14. The summed E-state index contributed by atoms with van der Waals surface area (Å²) in [6, 6.07) is 6.92. The molecule has 4 rings (SSSR count). The van der Waals surface area contributed by atoms with Gasteiger partial charge in [-0.3, -0.25) is 0 Å². The molecule has 0 bridgehead atoms. The zero-order valence-corrected chi connectivity index (χ0v) is 19.2. The quantitative estimate of drug-likeness (QED) is 0.335. The van der Waals surface area contributed by atoms with Crippen molar-refractivity contribution in [3.05, 3.63) is 82.9 Å². The van der Waals surface area contributed by atoms with Crippen LogP contribution < -0.4 is 9.47 Å². The monoisotopic (exact) mass is 508 g/mol. The normalized spacial score (nSPS) is 15.5. The second kappa shape index (κ2) is 10.6. The van der Waals surface area contributed by atoms with Gasteiger partial charge in [-0.25, -0.2) is 13.2 Å². The first-order valence-electron chi connectivity index (χ1n) is 11.3. The van der Waals surface area contributed by atoms with Crippen molar-refractivity contribution in [3.8, 4) is 28.4 Å². The number of hydrogen-bond acceptors (Lipinski definition) is 3. The number of phenols is 1. The first-order valence-corrected chi connectivity index (χ1v) is 11.3. The van der Waals surface area contributed by atoms with E-state index in [2.05, 4.69) is 0 Å². The number of benzene rings is 3. The number of phenolic OH excluding ortho intramolecular Hbond substituents is 1. The Kier molecular flexibility index (Phi) is 7.47. The Hall–Kier alpha value is -3.62. The third-order valence-corrected chi connectivity index (χ3v) is 6.09. The van der Waals surface area contributed by atoms with Gasteiger partial charge in [0, 0.05) is 16.7 Å². The molecule has 3 aromatic carbocycles. The summed E-state index contributed by atoms with van der Waals surface area (Å²) in [6.07, 6.45) is 3.00. The fourth-order valence-corrected chi connectivity index (χ4v) is 4.14. The standard InChI is InChI=1S/C27H22F6O3/c1-2-35-20-11-9-18(24(30)26(20)32)17-8-7-16(22(28)23(17)29)15-5-3-14(4-6-15)13-36-21-12-10-19(34)25(31)27(21)33/h5,7-12,14,34H,2-4,6,13H2,1H3. The molecule has 3 nitrogen and oxygen atoms in total. The molecule has 1 aliphatic carbocycles. The Morgan fingerprint density at radius 1 is 0.722 bits per heavy atom. The second-order valence-corrected chi connectivity index (χ2v) is 8.35. The highest BCUT2D eigenvalue weighted by Crippen LogP contribution is 2.37. The summed E-state index contributed by atoms with van der Waals surface area (Å²) < 4.78 is 96.3. The highest BCUT2D eigenvalue weighted by Gasteiger charge is 2.24. The summed E-state index contributed by atoms with van der Waals surface area (Å²) in [5.74, 6) is -9.33. The van der Waals surface area contributed by atoms with Crippen molar-refractivity contribution in [2.24, 2.45) is 5.92 Å². The van der Waals surface area contributed by atoms with Crippen LogP contribution in [0.4, 0.5) is 26.3 Å². The molecule has 0 heterocycles. The molecule has 3 aromatic rings. The molecule has 1 unspecified atom stereocenters. The van der Waals surface area contributed by atoms with E-state index in [1.165, 1.54) is 12.1 Å². The van der Waals surface area contributed by atoms with E-state index < -0.39 is 51.8 Å². The van der Waals surface area contributed by atoms with E-state index >= 15 is 0 Å². The number of hydrogen-bond donors (Lipinski definition) is 1. The van der Waals surface area contributed by atoms with E-state index in [0.717, 1.165) is 24.3 Å². The van der Waals surface area contributed by atoms with Gasteiger partial charge < -0.3 is 14.6 Å². The summed E-state index contributed by atoms with van der Waals surface area (Å²) in [5.41, 5.74) is -0.295. The highest BCUT2D eigenvalue weighted by atomic mass is 19.2. The van der Waals surface area contributed by atoms with Gasteiger partial charge in [-0.1, -0.05) is 18.2 Å². The smallest absolute Gasteiger partial charge is 0.204 e. The van der Waals surface area contributed by atoms with Crippen LogP contribution in [-0.2, 0) is 0 Å². The molecule has 0 aliphatic heterocycles. The molecule has 0 spiro atoms. The van der Waals surface area contributed by atoms with Gasteiger partial charge >= 0.3 is 0 Å². The first-order chi connectivity index (χ1) is 17.2. The van der Waals surface area contributed by atoms with E-state index in [9.17, 15) is 31.4 Å². The van der Waals surface area contributed by atoms with Gasteiger partial charge in [0.25, 0.3) is 0 Å². The van der Waals surface area contributed by atoms with E-state index in [1.54, 1.807) is 13.0 Å². The number of aromatic hydroxyl groups is 1. The first kappa shape index (κ1) is 25.5. The zero-order chi connectivity index (χ0) is 26.0. The number of ether oxygens (including phenoxy) is 2. The molecule has 36 heavy (non-hydrogen) atoms. The highest BCUT2D eigenvalue weighted by molar-refractivity contribution is 5.72. The lowest BCUT2D eigenvalue weighted by molar-refractivity contribution is 0.227. The minimum Gasteiger partial charge on any atom is -0.505 e. The summed E-state index contributed by atoms with van der Waals surface area (Å²) in [7, 11) is 0. The van der Waals surface area contributed by atoms with E-state index in [-0.39, 0.29) is 36.2 Å². The van der Waals surface area contributed by atoms with Crippen molar-refractivity contribution in [2.45, 2.75) is 26.2 Å². The topological polar surface area (TPSA) is 38.7 Å². The van der Waals surface area contributed by atoms with Crippen LogP contribution in [0.25, 0.3) is 16.7 Å². The van der Waals surface area contributed by atoms with Gasteiger partial charge in [0.2, 0.25) is 17.5 Å². The fraction of sp³-hybridized carbons (Fsp3) is 0.259. The van der Waals surface area contributed by atoms with E-state index in [4.69, 9.17) is 9.47 Å². The molecule has 0 amide bonds. The minimum absolute atomic E-state index is 0.00841. The van der Waals surface area contributed by atoms with Crippen molar-refractivity contribution in [3.63, 3.8) is 0 Å². The van der Waals surface area contributed by atoms with Crippen LogP contribution in [0.2, 0.25) is 0 Å². The largest absolute Gasteiger partial charge is 0.505 e. The molecule has 1 atom stereocenters. The molecule has 0 aromatic heterocycles. The van der Waals surface area contributed by atoms with Crippen molar-refractivity contribution in [1.29, 1.82) is 0 Å². The van der Waals surface area contributed by atoms with Gasteiger partial charge in [0.1, 0.15) is 0 Å². The van der Waals surface area contributed by atoms with Crippen LogP contribution in [-0.4, -0.2) is 18.3 Å². The van der Waals surface area contributed by atoms with Crippen LogP contribution in [0, 0.1) is 40.8 Å². The molecule has 1 aliphatic rings. The molecule has 0 radical (unpaired) electrons. The van der Waals surface area contributed by atoms with E-state index in [1.807, 2.05) is 0 Å². The van der Waals surface area contributed by atoms with E-state index in [0.29, 0.717) is 24.8 Å². The molecule has 0 saturated carbocycles. The maximum Gasteiger partial charge on any atom is 0.204 e. The van der Waals surface area contributed by atoms with Gasteiger partial charge in [0.15, 0.2) is 34.7 Å². The average Bonchev–Trinajstić information content (AvgIpc) is 2.88. The molecule has 0 saturated heterocycles. The Bertz CT molecular complexity index is 1320. The van der Waals surface area contributed by atoms with Crippen LogP contribution in [0.1, 0.15) is 31.7 Å². The summed E-state index contributed by atoms with van der Waals surface area (Å²) in [5, 5.41) is 9.18. The molecule has 0 fully saturated rings. The van der Waals surface area contributed by atoms with Gasteiger partial charge in [-0.2, -0.15) is 13.2 Å². The lowest BCUT2D eigenvalue weighted by Gasteiger charge is -2.23. The molecule has 1 N–H and O–H groups in total. The Morgan fingerprint density at radius 3 is 1.94 bits per heavy atom. The summed E-state index contributed by atoms with van der Waals surface area (Å²) in [4.78, 5) is 0. The third kappa shape index (κ3) is 4.87. The Balaban J connectivity index is 1.49. The number of allylic oxidation sites excluding steroid dienone is 2. The predicted octanol–water partition coefficient (Wildman–Crippen LogP) is 7.56. The number of halogens is 6. The summed E-state index contributed by atoms with van der Waals surface area (Å²) in [6.45, 7) is 1.77. The van der Waals surface area contributed by atoms with Gasteiger partial charge in [-0.15, -0.1) is 0 Å². The van der Waals surface area contributed by atoms with Gasteiger partial charge in [-0.05, 0) is 61.9 Å². The van der Waals surface area contributed by atoms with Crippen molar-refractivity contribution < 1.29 is 40.9 Å². The van der Waals surface area contributed by atoms with Crippen LogP contribution in [0.5, 0.6) is 17.2 Å². The SMILES string of the molecule is CCOc1ccc(-c2ccc(C3=CCC(COc4ccc(O)c(F)c4F)CC3)c(F)c2F)c(F)c1F. The zero-order valence-electron chi connectivity index (χ0n) is 19.2. The lowest BCUT2D eigenvalue weighted by Crippen LogP contribution is -2.15. The third-order valence-electron chi connectivity index (χ3n) is 6.09. The lowest BCUT2D eigenvalue weighted by atomic mass is 9.86. The molecule has 9 heteroatoms. The Morgan fingerprint density at radius 2 is 1.28 bits per heavy atom. The van der Waals surface area contributed by atoms with Crippen molar-refractivity contribution >= 4 is 5.57 Å². The minimum atomic E-state index is -1.40. The number of rotatable bonds is 7. The van der Waals surface area contributed by atoms with Crippen LogP contribution >= 0.6 is 0 Å². The Labute approximate surface area is 203 Å². The van der Waals surface area contributed by atoms with Crippen LogP contribution in [0.15, 0.2) is 42.5 Å². The van der Waals surface area contributed by atoms with Crippen LogP contribution in [0.3, 0.4) is 0 Å². The maximum absolute atomic E-state index is 15.0. The van der Waals surface area contributed by atoms with Crippen molar-refractivity contribution in [1.82, 2.24) is 0 Å². The van der Waals surface area contributed by atoms with Gasteiger partial charge in [0.05, 0.1) is 13.2 Å². The molecular formula is C27H22F6O3. The molecular weight excluding hydrogens is 486 g/mol.